The molecule has 0 fully saturated rings. The molecule has 0 heterocycles. The van der Waals surface area contributed by atoms with E-state index in [1.807, 2.05) is 12.2 Å². The third-order valence-corrected chi connectivity index (χ3v) is 2.17. The van der Waals surface area contributed by atoms with E-state index in [1.165, 1.54) is 12.1 Å². The first-order chi connectivity index (χ1) is 8.37. The van der Waals surface area contributed by atoms with Gasteiger partial charge in [-0.1, -0.05) is 24.3 Å². The lowest BCUT2D eigenvalue weighted by molar-refractivity contribution is -0.0498. The lowest BCUT2D eigenvalue weighted by Gasteiger charge is -2.18. The number of ether oxygens (including phenoxy) is 1. The Morgan fingerprint density at radius 1 is 1.22 bits per heavy atom. The highest BCUT2D eigenvalue weighted by atomic mass is 19.3. The summed E-state index contributed by atoms with van der Waals surface area (Å²) in [5, 5.41) is 3.32. The van der Waals surface area contributed by atoms with E-state index >= 15 is 0 Å². The van der Waals surface area contributed by atoms with Gasteiger partial charge >= 0.3 is 6.61 Å². The molecular weight excluding hydrogens is 236 g/mol. The van der Waals surface area contributed by atoms with Crippen LogP contribution in [-0.4, -0.2) is 18.7 Å². The van der Waals surface area contributed by atoms with Gasteiger partial charge in [-0.05, 0) is 38.5 Å². The second-order valence-corrected chi connectivity index (χ2v) is 4.98. The number of benzene rings is 1. The average Bonchev–Trinajstić information content (AvgIpc) is 2.24. The molecule has 0 spiro atoms. The van der Waals surface area contributed by atoms with Crippen LogP contribution in [0.5, 0.6) is 5.75 Å². The number of hydrogen-bond donors (Lipinski definition) is 1. The van der Waals surface area contributed by atoms with Gasteiger partial charge in [-0.15, -0.1) is 0 Å². The van der Waals surface area contributed by atoms with Gasteiger partial charge in [-0.25, -0.2) is 0 Å². The number of hydrogen-bond acceptors (Lipinski definition) is 2. The Kier molecular flexibility index (Phi) is 5.28. The fourth-order valence-corrected chi connectivity index (χ4v) is 1.32. The maximum atomic E-state index is 11.9. The van der Waals surface area contributed by atoms with Crippen LogP contribution in [0.3, 0.4) is 0 Å². The summed E-state index contributed by atoms with van der Waals surface area (Å²) in [6.45, 7) is 4.27. The molecule has 1 N–H and O–H groups in total. The maximum absolute atomic E-state index is 11.9. The van der Waals surface area contributed by atoms with Crippen LogP contribution in [0.1, 0.15) is 26.3 Å². The van der Waals surface area contributed by atoms with Crippen molar-refractivity contribution in [1.29, 1.82) is 0 Å². The van der Waals surface area contributed by atoms with E-state index in [4.69, 9.17) is 0 Å². The van der Waals surface area contributed by atoms with Crippen molar-refractivity contribution in [3.63, 3.8) is 0 Å². The summed E-state index contributed by atoms with van der Waals surface area (Å²) in [5.74, 6) is 0.176. The third kappa shape index (κ3) is 6.35. The van der Waals surface area contributed by atoms with Crippen molar-refractivity contribution in [3.05, 3.63) is 35.9 Å². The van der Waals surface area contributed by atoms with E-state index in [9.17, 15) is 8.78 Å². The molecule has 0 aliphatic rings. The molecule has 0 unspecified atom stereocenters. The summed E-state index contributed by atoms with van der Waals surface area (Å²) in [7, 11) is 0. The van der Waals surface area contributed by atoms with Crippen LogP contribution in [-0.2, 0) is 0 Å². The van der Waals surface area contributed by atoms with E-state index in [0.29, 0.717) is 0 Å². The lowest BCUT2D eigenvalue weighted by Crippen LogP contribution is -2.35. The summed E-state index contributed by atoms with van der Waals surface area (Å²) in [6.07, 6.45) is 3.93. The standard InChI is InChI=1S/C14H19F2NO/c1-14(2,3)17-10-4-5-11-6-8-12(9-7-11)18-13(15)16/h4-9,13,17H,10H2,1-3H3. The number of alkyl halides is 2. The molecule has 18 heavy (non-hydrogen) atoms. The Balaban J connectivity index is 2.46. The lowest BCUT2D eigenvalue weighted by atomic mass is 10.1. The predicted molar refractivity (Wildman–Crippen MR) is 69.9 cm³/mol. The molecule has 2 nitrogen and oxygen atoms in total. The maximum Gasteiger partial charge on any atom is 0.387 e. The zero-order chi connectivity index (χ0) is 13.6. The molecule has 0 saturated heterocycles. The molecule has 0 radical (unpaired) electrons. The molecule has 1 rings (SSSR count). The third-order valence-electron chi connectivity index (χ3n) is 2.17. The van der Waals surface area contributed by atoms with Crippen molar-refractivity contribution in [2.24, 2.45) is 0 Å². The smallest absolute Gasteiger partial charge is 0.387 e. The van der Waals surface area contributed by atoms with Crippen LogP contribution in [0.2, 0.25) is 0 Å². The summed E-state index contributed by atoms with van der Waals surface area (Å²) < 4.78 is 28.1. The minimum atomic E-state index is -2.78. The minimum absolute atomic E-state index is 0.0826. The first-order valence-electron chi connectivity index (χ1n) is 5.83. The van der Waals surface area contributed by atoms with Crippen LogP contribution < -0.4 is 10.1 Å². The Morgan fingerprint density at radius 2 is 1.83 bits per heavy atom. The zero-order valence-electron chi connectivity index (χ0n) is 10.9. The van der Waals surface area contributed by atoms with Crippen molar-refractivity contribution < 1.29 is 13.5 Å². The fourth-order valence-electron chi connectivity index (χ4n) is 1.32. The van der Waals surface area contributed by atoms with Gasteiger partial charge in [0.05, 0.1) is 0 Å². The first kappa shape index (κ1) is 14.6. The van der Waals surface area contributed by atoms with Gasteiger partial charge < -0.3 is 10.1 Å². The minimum Gasteiger partial charge on any atom is -0.435 e. The number of nitrogens with one attached hydrogen (secondary N) is 1. The zero-order valence-corrected chi connectivity index (χ0v) is 10.9. The van der Waals surface area contributed by atoms with Gasteiger partial charge in [0.1, 0.15) is 5.75 Å². The Hall–Kier alpha value is -1.42. The van der Waals surface area contributed by atoms with Gasteiger partial charge in [0.2, 0.25) is 0 Å². The van der Waals surface area contributed by atoms with Gasteiger partial charge in [0.25, 0.3) is 0 Å². The highest BCUT2D eigenvalue weighted by Crippen LogP contribution is 2.15. The largest absolute Gasteiger partial charge is 0.435 e. The molecule has 0 aliphatic carbocycles. The number of rotatable bonds is 5. The van der Waals surface area contributed by atoms with E-state index in [-0.39, 0.29) is 11.3 Å². The second-order valence-electron chi connectivity index (χ2n) is 4.98. The van der Waals surface area contributed by atoms with E-state index in [2.05, 4.69) is 30.8 Å². The second kappa shape index (κ2) is 6.50. The van der Waals surface area contributed by atoms with Gasteiger partial charge in [0.15, 0.2) is 0 Å². The highest BCUT2D eigenvalue weighted by Gasteiger charge is 2.05. The predicted octanol–water partition coefficient (Wildman–Crippen LogP) is 3.69. The summed E-state index contributed by atoms with van der Waals surface area (Å²) in [5.41, 5.74) is 1.03. The molecule has 0 saturated carbocycles. The van der Waals surface area contributed by atoms with Crippen molar-refractivity contribution in [1.82, 2.24) is 5.32 Å². The van der Waals surface area contributed by atoms with Gasteiger partial charge in [0, 0.05) is 12.1 Å². The molecule has 0 aliphatic heterocycles. The molecule has 0 atom stereocenters. The molecule has 0 amide bonds. The summed E-state index contributed by atoms with van der Waals surface area (Å²) in [6, 6.07) is 6.54. The van der Waals surface area contributed by atoms with Gasteiger partial charge in [-0.2, -0.15) is 8.78 Å². The summed E-state index contributed by atoms with van der Waals surface area (Å²) >= 11 is 0. The van der Waals surface area contributed by atoms with E-state index in [1.54, 1.807) is 12.1 Å². The monoisotopic (exact) mass is 255 g/mol. The van der Waals surface area contributed by atoms with Crippen LogP contribution in [0.25, 0.3) is 6.08 Å². The average molecular weight is 255 g/mol. The van der Waals surface area contributed by atoms with Crippen molar-refractivity contribution in [3.8, 4) is 5.75 Å². The first-order valence-corrected chi connectivity index (χ1v) is 5.83. The molecule has 0 bridgehead atoms. The van der Waals surface area contributed by atoms with E-state index < -0.39 is 6.61 Å². The summed E-state index contributed by atoms with van der Waals surface area (Å²) in [4.78, 5) is 0. The normalized spacial score (nSPS) is 12.3. The highest BCUT2D eigenvalue weighted by molar-refractivity contribution is 5.50. The molecule has 100 valence electrons. The van der Waals surface area contributed by atoms with Crippen LogP contribution in [0.4, 0.5) is 8.78 Å². The Labute approximate surface area is 107 Å². The molecule has 1 aromatic carbocycles. The Morgan fingerprint density at radius 3 is 2.33 bits per heavy atom. The van der Waals surface area contributed by atoms with E-state index in [0.717, 1.165) is 12.1 Å². The quantitative estimate of drug-likeness (QED) is 0.866. The van der Waals surface area contributed by atoms with Crippen LogP contribution in [0, 0.1) is 0 Å². The van der Waals surface area contributed by atoms with Gasteiger partial charge in [-0.3, -0.25) is 0 Å². The number of halogens is 2. The SMILES string of the molecule is CC(C)(C)NCC=Cc1ccc(OC(F)F)cc1. The van der Waals surface area contributed by atoms with Crippen molar-refractivity contribution >= 4 is 6.08 Å². The molecular formula is C14H19F2NO. The van der Waals surface area contributed by atoms with Crippen molar-refractivity contribution in [2.75, 3.05) is 6.54 Å². The van der Waals surface area contributed by atoms with Crippen molar-refractivity contribution in [2.45, 2.75) is 32.9 Å². The molecule has 0 aromatic heterocycles. The molecule has 1 aromatic rings. The van der Waals surface area contributed by atoms with Crippen LogP contribution >= 0.6 is 0 Å². The topological polar surface area (TPSA) is 21.3 Å². The van der Waals surface area contributed by atoms with Crippen LogP contribution in [0.15, 0.2) is 30.3 Å². The fraction of sp³-hybridized carbons (Fsp3) is 0.429. The Bertz CT molecular complexity index is 380. The molecule has 4 heteroatoms.